The van der Waals surface area contributed by atoms with E-state index >= 15 is 0 Å². The molecule has 1 heterocycles. The Morgan fingerprint density at radius 2 is 1.93 bits per heavy atom. The topological polar surface area (TPSA) is 74.8 Å². The summed E-state index contributed by atoms with van der Waals surface area (Å²) in [6.07, 6.45) is 1.54. The average molecular weight is 405 g/mol. The number of anilines is 1. The standard InChI is InChI=1S/C23H17ClN2O3/c1-14-10-18(25-13-16-11-17(24)6-9-20(16)27)7-8-19(14)26-23(28)22-12-15-4-2-3-5-21(15)29-22/h2-13,27H,1H3,(H,26,28). The zero-order valence-corrected chi connectivity index (χ0v) is 16.3. The number of fused-ring (bicyclic) bond motifs is 1. The van der Waals surface area contributed by atoms with Gasteiger partial charge in [-0.2, -0.15) is 0 Å². The normalized spacial score (nSPS) is 11.2. The van der Waals surface area contributed by atoms with Crippen molar-refractivity contribution >= 4 is 46.1 Å². The molecule has 3 aromatic carbocycles. The van der Waals surface area contributed by atoms with Crippen molar-refractivity contribution in [2.24, 2.45) is 4.99 Å². The number of furan rings is 1. The van der Waals surface area contributed by atoms with Crippen LogP contribution in [0.5, 0.6) is 5.75 Å². The molecule has 0 saturated heterocycles. The average Bonchev–Trinajstić information content (AvgIpc) is 3.15. The van der Waals surface area contributed by atoms with Gasteiger partial charge in [0, 0.05) is 27.9 Å². The van der Waals surface area contributed by atoms with E-state index in [2.05, 4.69) is 10.3 Å². The molecule has 0 saturated carbocycles. The number of aryl methyl sites for hydroxylation is 1. The van der Waals surface area contributed by atoms with Crippen LogP contribution in [0.3, 0.4) is 0 Å². The molecule has 144 valence electrons. The van der Waals surface area contributed by atoms with Crippen LogP contribution < -0.4 is 5.32 Å². The van der Waals surface area contributed by atoms with Gasteiger partial charge in [0.15, 0.2) is 5.76 Å². The molecule has 4 aromatic rings. The quantitative estimate of drug-likeness (QED) is 0.403. The molecule has 6 heteroatoms. The minimum Gasteiger partial charge on any atom is -0.507 e. The molecule has 4 rings (SSSR count). The summed E-state index contributed by atoms with van der Waals surface area (Å²) in [6.45, 7) is 1.88. The Morgan fingerprint density at radius 1 is 1.10 bits per heavy atom. The Hall–Kier alpha value is -3.57. The third-order valence-electron chi connectivity index (χ3n) is 4.45. The second-order valence-electron chi connectivity index (χ2n) is 6.56. The molecule has 0 spiro atoms. The van der Waals surface area contributed by atoms with Gasteiger partial charge in [0.2, 0.25) is 0 Å². The first kappa shape index (κ1) is 18.8. The van der Waals surface area contributed by atoms with Crippen LogP contribution in [0.4, 0.5) is 11.4 Å². The first-order valence-corrected chi connectivity index (χ1v) is 9.30. The molecule has 0 unspecified atom stereocenters. The van der Waals surface area contributed by atoms with Crippen LogP contribution in [-0.2, 0) is 0 Å². The minimum absolute atomic E-state index is 0.101. The van der Waals surface area contributed by atoms with E-state index in [0.29, 0.717) is 27.5 Å². The molecule has 2 N–H and O–H groups in total. The maximum Gasteiger partial charge on any atom is 0.291 e. The summed E-state index contributed by atoms with van der Waals surface area (Å²) in [5, 5.41) is 14.1. The summed E-state index contributed by atoms with van der Waals surface area (Å²) in [6, 6.07) is 19.3. The van der Waals surface area contributed by atoms with Crippen LogP contribution >= 0.6 is 11.6 Å². The fourth-order valence-corrected chi connectivity index (χ4v) is 3.10. The summed E-state index contributed by atoms with van der Waals surface area (Å²) in [7, 11) is 0. The van der Waals surface area contributed by atoms with Crippen molar-refractivity contribution < 1.29 is 14.3 Å². The summed E-state index contributed by atoms with van der Waals surface area (Å²) in [5.41, 5.74) is 3.39. The van der Waals surface area contributed by atoms with E-state index in [9.17, 15) is 9.90 Å². The SMILES string of the molecule is Cc1cc(N=Cc2cc(Cl)ccc2O)ccc1NC(=O)c1cc2ccccc2o1. The van der Waals surface area contributed by atoms with Crippen LogP contribution in [0.15, 0.2) is 76.1 Å². The third-order valence-corrected chi connectivity index (χ3v) is 4.68. The van der Waals surface area contributed by atoms with E-state index in [-0.39, 0.29) is 17.4 Å². The number of nitrogens with zero attached hydrogens (tertiary/aromatic N) is 1. The van der Waals surface area contributed by atoms with Crippen LogP contribution in [0.2, 0.25) is 5.02 Å². The van der Waals surface area contributed by atoms with E-state index in [0.717, 1.165) is 10.9 Å². The van der Waals surface area contributed by atoms with Crippen molar-refractivity contribution in [1.29, 1.82) is 0 Å². The molecule has 0 aliphatic heterocycles. The van der Waals surface area contributed by atoms with Gasteiger partial charge < -0.3 is 14.8 Å². The first-order chi connectivity index (χ1) is 14.0. The summed E-state index contributed by atoms with van der Waals surface area (Å²) in [5.74, 6) is 0.0399. The van der Waals surface area contributed by atoms with Crippen molar-refractivity contribution in [3.05, 3.63) is 88.6 Å². The molecule has 0 bridgehead atoms. The van der Waals surface area contributed by atoms with Crippen molar-refractivity contribution in [1.82, 2.24) is 0 Å². The van der Waals surface area contributed by atoms with Crippen molar-refractivity contribution in [2.75, 3.05) is 5.32 Å². The Bertz CT molecular complexity index is 1210. The van der Waals surface area contributed by atoms with Gasteiger partial charge in [0.05, 0.1) is 5.69 Å². The highest BCUT2D eigenvalue weighted by Gasteiger charge is 2.13. The number of amides is 1. The van der Waals surface area contributed by atoms with Gasteiger partial charge in [0.25, 0.3) is 5.91 Å². The zero-order valence-electron chi connectivity index (χ0n) is 15.5. The van der Waals surface area contributed by atoms with Gasteiger partial charge >= 0.3 is 0 Å². The number of carbonyl (C=O) groups is 1. The number of phenolic OH excluding ortho intramolecular Hbond substituents is 1. The Morgan fingerprint density at radius 3 is 2.72 bits per heavy atom. The molecule has 0 radical (unpaired) electrons. The van der Waals surface area contributed by atoms with E-state index in [1.54, 1.807) is 36.5 Å². The molecule has 0 aliphatic rings. The lowest BCUT2D eigenvalue weighted by Crippen LogP contribution is -2.11. The molecule has 0 atom stereocenters. The Balaban J connectivity index is 1.51. The van der Waals surface area contributed by atoms with Gasteiger partial charge in [-0.1, -0.05) is 29.8 Å². The number of hydrogen-bond acceptors (Lipinski definition) is 4. The molecule has 29 heavy (non-hydrogen) atoms. The predicted octanol–water partition coefficient (Wildman–Crippen LogP) is 6.10. The highest BCUT2D eigenvalue weighted by Crippen LogP contribution is 2.25. The fourth-order valence-electron chi connectivity index (χ4n) is 2.92. The lowest BCUT2D eigenvalue weighted by Gasteiger charge is -2.08. The molecular formula is C23H17ClN2O3. The number of benzene rings is 3. The number of carbonyl (C=O) groups excluding carboxylic acids is 1. The van der Waals surface area contributed by atoms with E-state index in [1.165, 1.54) is 6.07 Å². The molecule has 5 nitrogen and oxygen atoms in total. The van der Waals surface area contributed by atoms with Gasteiger partial charge in [-0.25, -0.2) is 0 Å². The van der Waals surface area contributed by atoms with Gasteiger partial charge in [-0.3, -0.25) is 9.79 Å². The predicted molar refractivity (Wildman–Crippen MR) is 116 cm³/mol. The number of para-hydroxylation sites is 1. The highest BCUT2D eigenvalue weighted by molar-refractivity contribution is 6.30. The molecular weight excluding hydrogens is 388 g/mol. The molecule has 1 amide bonds. The molecule has 1 aromatic heterocycles. The number of phenols is 1. The van der Waals surface area contributed by atoms with Gasteiger partial charge in [-0.05, 0) is 61.0 Å². The van der Waals surface area contributed by atoms with Crippen molar-refractivity contribution in [3.63, 3.8) is 0 Å². The summed E-state index contributed by atoms with van der Waals surface area (Å²) in [4.78, 5) is 16.9. The monoisotopic (exact) mass is 404 g/mol. The maximum absolute atomic E-state index is 12.5. The number of hydrogen-bond donors (Lipinski definition) is 2. The zero-order chi connectivity index (χ0) is 20.4. The Labute approximate surface area is 172 Å². The lowest BCUT2D eigenvalue weighted by atomic mass is 10.1. The van der Waals surface area contributed by atoms with E-state index in [4.69, 9.17) is 16.0 Å². The van der Waals surface area contributed by atoms with Crippen LogP contribution in [0, 0.1) is 6.92 Å². The number of halogens is 1. The lowest BCUT2D eigenvalue weighted by molar-refractivity contribution is 0.0998. The van der Waals surface area contributed by atoms with Crippen LogP contribution in [0.25, 0.3) is 11.0 Å². The Kier molecular flexibility index (Phi) is 5.06. The highest BCUT2D eigenvalue weighted by atomic mass is 35.5. The van der Waals surface area contributed by atoms with E-state index in [1.807, 2.05) is 37.3 Å². The smallest absolute Gasteiger partial charge is 0.291 e. The van der Waals surface area contributed by atoms with Crippen molar-refractivity contribution in [2.45, 2.75) is 6.92 Å². The van der Waals surface area contributed by atoms with Crippen LogP contribution in [-0.4, -0.2) is 17.2 Å². The largest absolute Gasteiger partial charge is 0.507 e. The fraction of sp³-hybridized carbons (Fsp3) is 0.0435. The number of nitrogens with one attached hydrogen (secondary N) is 1. The molecule has 0 fully saturated rings. The first-order valence-electron chi connectivity index (χ1n) is 8.93. The second-order valence-corrected chi connectivity index (χ2v) is 7.00. The molecule has 0 aliphatic carbocycles. The summed E-state index contributed by atoms with van der Waals surface area (Å²) >= 11 is 5.95. The second kappa shape index (κ2) is 7.81. The van der Waals surface area contributed by atoms with E-state index < -0.39 is 0 Å². The third kappa shape index (κ3) is 4.15. The number of rotatable bonds is 4. The maximum atomic E-state index is 12.5. The van der Waals surface area contributed by atoms with Crippen molar-refractivity contribution in [3.8, 4) is 5.75 Å². The number of aromatic hydroxyl groups is 1. The summed E-state index contributed by atoms with van der Waals surface area (Å²) < 4.78 is 5.60. The van der Waals surface area contributed by atoms with Gasteiger partial charge in [0.1, 0.15) is 11.3 Å². The number of aliphatic imine (C=N–C) groups is 1. The minimum atomic E-state index is -0.315. The van der Waals surface area contributed by atoms with Crippen LogP contribution in [0.1, 0.15) is 21.7 Å². The van der Waals surface area contributed by atoms with Gasteiger partial charge in [-0.15, -0.1) is 0 Å².